The third kappa shape index (κ3) is 17.9. The molecule has 1 amide bonds. The third-order valence-electron chi connectivity index (χ3n) is 16.2. The van der Waals surface area contributed by atoms with Crippen LogP contribution in [0.2, 0.25) is 0 Å². The van der Waals surface area contributed by atoms with Gasteiger partial charge in [0.25, 0.3) is 11.7 Å². The minimum absolute atomic E-state index is 0.0264. The van der Waals surface area contributed by atoms with Crippen molar-refractivity contribution in [1.82, 2.24) is 4.90 Å². The van der Waals surface area contributed by atoms with Crippen LogP contribution in [0.3, 0.4) is 0 Å². The molecule has 1 N–H and O–H groups in total. The minimum Gasteiger partial charge on any atom is -0.460 e. The highest BCUT2D eigenvalue weighted by molar-refractivity contribution is 7.57. The first kappa shape index (κ1) is 63.6. The lowest BCUT2D eigenvalue weighted by Gasteiger charge is -2.43. The van der Waals surface area contributed by atoms with Crippen molar-refractivity contribution in [3.63, 3.8) is 0 Å². The second kappa shape index (κ2) is 29.8. The fourth-order valence-corrected chi connectivity index (χ4v) is 12.5. The van der Waals surface area contributed by atoms with Gasteiger partial charge in [-0.25, -0.2) is 4.79 Å². The summed E-state index contributed by atoms with van der Waals surface area (Å²) in [7, 11) is 1.79. The summed E-state index contributed by atoms with van der Waals surface area (Å²) in [6.07, 6.45) is 12.0. The monoisotopic (exact) mass is 1090 g/mol. The molecule has 1 aliphatic carbocycles. The number of methoxy groups -OCH3 is 3. The SMILES string of the molecule is CO[C@@H]1/C(C)=C/[C@@H](C)C(=O)C[C@@H]([C@H](C)C[C@@H]2CC[C@@H](OP(C)(C)=O)[C@H](OC)C2)OC(=O)[C@@H]2CCCCN2C(=O)C(=O)[C@]2(O)O[C@@H](CC[C@H]2C)C[C@H](OCC2COCCO2)/C(C)=C/C=C/C=C/[C@@H](C)C[C@@H](C)C(=O)[C@@H]1OC. The van der Waals surface area contributed by atoms with E-state index in [-0.39, 0.29) is 86.0 Å². The van der Waals surface area contributed by atoms with Crippen LogP contribution in [0.25, 0.3) is 0 Å². The molecule has 0 radical (unpaired) electrons. The molecule has 16 atom stereocenters. The van der Waals surface area contributed by atoms with Crippen LogP contribution in [0.15, 0.2) is 47.6 Å². The van der Waals surface area contributed by atoms with Crippen LogP contribution >= 0.6 is 7.37 Å². The molecule has 3 saturated heterocycles. The van der Waals surface area contributed by atoms with E-state index in [0.717, 1.165) is 12.0 Å². The number of hydrogen-bond acceptors (Lipinski definition) is 16. The topological polar surface area (TPSA) is 209 Å². The van der Waals surface area contributed by atoms with E-state index in [0.29, 0.717) is 76.8 Å². The molecule has 0 aromatic carbocycles. The van der Waals surface area contributed by atoms with E-state index in [4.69, 9.17) is 42.4 Å². The summed E-state index contributed by atoms with van der Waals surface area (Å²) in [6, 6.07) is -1.16. The predicted octanol–water partition coefficient (Wildman–Crippen LogP) is 8.18. The predicted molar refractivity (Wildman–Crippen MR) is 288 cm³/mol. The molecule has 5 aliphatic rings. The summed E-state index contributed by atoms with van der Waals surface area (Å²) < 4.78 is 66.9. The first-order chi connectivity index (χ1) is 36.0. The summed E-state index contributed by atoms with van der Waals surface area (Å²) in [5.74, 6) is -7.82. The van der Waals surface area contributed by atoms with Crippen LogP contribution in [0.5, 0.6) is 0 Å². The van der Waals surface area contributed by atoms with Crippen LogP contribution in [-0.2, 0) is 71.0 Å². The number of allylic oxidation sites excluding steroid dienone is 6. The van der Waals surface area contributed by atoms with Crippen molar-refractivity contribution in [1.29, 1.82) is 0 Å². The number of ketones is 3. The maximum Gasteiger partial charge on any atom is 0.329 e. The van der Waals surface area contributed by atoms with Gasteiger partial charge in [-0.1, -0.05) is 71.1 Å². The van der Waals surface area contributed by atoms with Gasteiger partial charge in [0.2, 0.25) is 5.79 Å². The van der Waals surface area contributed by atoms with Crippen molar-refractivity contribution in [2.75, 3.05) is 67.6 Å². The van der Waals surface area contributed by atoms with E-state index >= 15 is 0 Å². The minimum atomic E-state index is -2.80. The van der Waals surface area contributed by atoms with Crippen molar-refractivity contribution in [2.24, 2.45) is 35.5 Å². The van der Waals surface area contributed by atoms with Gasteiger partial charge in [-0.3, -0.25) is 23.7 Å². The molecule has 1 unspecified atom stereocenters. The number of cyclic esters (lactones) is 1. The normalized spacial score (nSPS) is 38.7. The number of hydrogen-bond donors (Lipinski definition) is 1. The highest BCUT2D eigenvalue weighted by Crippen LogP contribution is 2.45. The zero-order chi connectivity index (χ0) is 55.9. The Labute approximate surface area is 453 Å². The first-order valence-electron chi connectivity index (χ1n) is 27.8. The second-order valence-corrected chi connectivity index (χ2v) is 25.5. The molecule has 2 bridgehead atoms. The van der Waals surface area contributed by atoms with E-state index in [1.165, 1.54) is 19.1 Å². The molecule has 17 nitrogen and oxygen atoms in total. The number of aliphatic hydroxyl groups is 1. The van der Waals surface area contributed by atoms with Crippen LogP contribution in [0.4, 0.5) is 0 Å². The molecule has 0 aromatic rings. The zero-order valence-corrected chi connectivity index (χ0v) is 48.5. The van der Waals surface area contributed by atoms with Gasteiger partial charge in [0, 0.05) is 71.8 Å². The Balaban J connectivity index is 1.49. The highest BCUT2D eigenvalue weighted by Gasteiger charge is 2.53. The van der Waals surface area contributed by atoms with Crippen LogP contribution in [0.1, 0.15) is 126 Å². The summed E-state index contributed by atoms with van der Waals surface area (Å²) >= 11 is 0. The quantitative estimate of drug-likeness (QED) is 0.0895. The van der Waals surface area contributed by atoms with Gasteiger partial charge in [-0.2, -0.15) is 0 Å². The van der Waals surface area contributed by atoms with Crippen molar-refractivity contribution in [3.8, 4) is 0 Å². The molecule has 4 aliphatic heterocycles. The standard InChI is InChI=1S/C58H92NO16P/c1-36-18-14-13-15-19-37(2)49(72-35-45-34-70-26-27-71-45)32-44-23-21-42(7)58(65,74-44)55(62)56(63)59-25-17-16-20-46(59)57(64)73-50(39(4)30-43-22-24-48(51(31-43)67-8)75-76(11,12)66)33-47(60)38(3)29-41(6)53(68-9)54(69-10)52(61)40(5)28-36/h13-15,18-19,29,36,38-40,42-46,48-51,53-54,65H,16-17,20-28,30-35H2,1-12H3/b15-13+,18-14+,37-19+,41-29+/t36-,38-,39-,40-,42-,43+,44+,45?,46+,48-,49+,50+,51-,53-,54+,58-/m1/s1. The third-order valence-corrected chi connectivity index (χ3v) is 16.9. The van der Waals surface area contributed by atoms with E-state index in [1.807, 2.05) is 58.1 Å². The molecule has 18 heteroatoms. The van der Waals surface area contributed by atoms with Gasteiger partial charge < -0.3 is 52.4 Å². The molecule has 4 heterocycles. The van der Waals surface area contributed by atoms with E-state index in [2.05, 4.69) is 0 Å². The molecular formula is C58H92NO16P. The van der Waals surface area contributed by atoms with Gasteiger partial charge in [0.05, 0.1) is 50.8 Å². The molecule has 0 aromatic heterocycles. The summed E-state index contributed by atoms with van der Waals surface area (Å²) in [6.45, 7) is 17.8. The lowest BCUT2D eigenvalue weighted by Crippen LogP contribution is -2.61. The van der Waals surface area contributed by atoms with Gasteiger partial charge in [0.1, 0.15) is 36.2 Å². The number of esters is 1. The van der Waals surface area contributed by atoms with Gasteiger partial charge >= 0.3 is 5.97 Å². The fourth-order valence-electron chi connectivity index (χ4n) is 11.6. The lowest BCUT2D eigenvalue weighted by molar-refractivity contribution is -0.266. The number of Topliss-reactive ketones (excluding diaryl/α,β-unsaturated/α-hetero) is 3. The van der Waals surface area contributed by atoms with E-state index < -0.39 is 79.2 Å². The van der Waals surface area contributed by atoms with E-state index in [1.54, 1.807) is 47.3 Å². The van der Waals surface area contributed by atoms with Crippen molar-refractivity contribution in [3.05, 3.63) is 47.6 Å². The molecule has 76 heavy (non-hydrogen) atoms. The largest absolute Gasteiger partial charge is 0.460 e. The number of nitrogens with zero attached hydrogens (tertiary/aromatic N) is 1. The van der Waals surface area contributed by atoms with Gasteiger partial charge in [-0.05, 0) is 107 Å². The van der Waals surface area contributed by atoms with Gasteiger partial charge in [-0.15, -0.1) is 0 Å². The van der Waals surface area contributed by atoms with Crippen molar-refractivity contribution in [2.45, 2.75) is 186 Å². The number of piperidine rings is 1. The number of carbonyl (C=O) groups is 5. The number of amides is 1. The maximum atomic E-state index is 14.7. The summed E-state index contributed by atoms with van der Waals surface area (Å²) in [5, 5.41) is 12.2. The Morgan fingerprint density at radius 1 is 0.842 bits per heavy atom. The molecule has 5 rings (SSSR count). The summed E-state index contributed by atoms with van der Waals surface area (Å²) in [4.78, 5) is 73.5. The number of rotatable bonds is 11. The number of fused-ring (bicyclic) bond motifs is 3. The molecule has 4 fully saturated rings. The molecular weight excluding hydrogens is 998 g/mol. The highest BCUT2D eigenvalue weighted by atomic mass is 31.2. The second-order valence-electron chi connectivity index (χ2n) is 22.8. The number of carbonyl (C=O) groups excluding carboxylic acids is 5. The van der Waals surface area contributed by atoms with Crippen molar-refractivity contribution >= 4 is 36.6 Å². The van der Waals surface area contributed by atoms with Crippen LogP contribution in [-0.4, -0.2) is 168 Å². The zero-order valence-electron chi connectivity index (χ0n) is 47.6. The lowest BCUT2D eigenvalue weighted by atomic mass is 9.78. The van der Waals surface area contributed by atoms with Crippen LogP contribution in [0, 0.1) is 35.5 Å². The number of ether oxygens (including phenoxy) is 8. The average Bonchev–Trinajstić information content (AvgIpc) is 3.39. The Morgan fingerprint density at radius 3 is 2.25 bits per heavy atom. The Hall–Kier alpha value is -3.22. The smallest absolute Gasteiger partial charge is 0.329 e. The fraction of sp³-hybridized carbons (Fsp3) is 0.776. The summed E-state index contributed by atoms with van der Waals surface area (Å²) in [5.41, 5.74) is 1.49. The maximum absolute atomic E-state index is 14.7. The molecule has 0 spiro atoms. The Morgan fingerprint density at radius 2 is 1.58 bits per heavy atom. The first-order valence-corrected chi connectivity index (χ1v) is 30.4. The van der Waals surface area contributed by atoms with Crippen LogP contribution < -0.4 is 0 Å². The Bertz CT molecular complexity index is 2110. The Kier molecular flexibility index (Phi) is 25.0. The molecule has 430 valence electrons. The van der Waals surface area contributed by atoms with E-state index in [9.17, 15) is 33.6 Å². The molecule has 1 saturated carbocycles. The average molecular weight is 1090 g/mol. The van der Waals surface area contributed by atoms with Gasteiger partial charge in [0.15, 0.2) is 13.2 Å². The van der Waals surface area contributed by atoms with Crippen molar-refractivity contribution < 1.29 is 76.1 Å².